The van der Waals surface area contributed by atoms with Gasteiger partial charge in [-0.1, -0.05) is 34.1 Å². The number of hydrogen-bond donors (Lipinski definition) is 0. The molecule has 0 unspecified atom stereocenters. The Morgan fingerprint density at radius 3 is 1.38 bits per heavy atom. The van der Waals surface area contributed by atoms with Crippen molar-refractivity contribution in [2.24, 2.45) is 5.41 Å². The summed E-state index contributed by atoms with van der Waals surface area (Å²) < 4.78 is 7.72. The lowest BCUT2D eigenvalue weighted by Gasteiger charge is -2.12. The minimum Gasteiger partial charge on any atom is -0.769 e. The van der Waals surface area contributed by atoms with Gasteiger partial charge in [0.2, 0.25) is 0 Å². The van der Waals surface area contributed by atoms with E-state index in [-0.39, 0.29) is 0 Å². The molecular weight excluding hydrogens is 124 g/mol. The molecule has 0 aromatic heterocycles. The van der Waals surface area contributed by atoms with Crippen molar-refractivity contribution in [1.29, 1.82) is 0 Å². The van der Waals surface area contributed by atoms with Gasteiger partial charge in [-0.05, 0) is 5.41 Å². The first-order valence-electron chi connectivity index (χ1n) is 2.71. The van der Waals surface area contributed by atoms with Crippen LogP contribution in [0.1, 0.15) is 34.1 Å². The molecule has 0 aromatic rings. The molecule has 0 atom stereocenters. The van der Waals surface area contributed by atoms with Gasteiger partial charge in [-0.2, -0.15) is 0 Å². The van der Waals surface area contributed by atoms with E-state index in [0.29, 0.717) is 5.41 Å². The fraction of sp³-hybridized carbons (Fsp3) is 1.00. The fourth-order valence-corrected chi connectivity index (χ4v) is 0. The maximum atomic E-state index is 7.72. The maximum Gasteiger partial charge on any atom is -0.0385 e. The van der Waals surface area contributed by atoms with Gasteiger partial charge >= 0.3 is 0 Å². The van der Waals surface area contributed by atoms with E-state index in [4.69, 9.17) is 4.66 Å². The summed E-state index contributed by atoms with van der Waals surface area (Å²) in [7, 11) is 0. The largest absolute Gasteiger partial charge is 0.769 e. The molecule has 0 amide bonds. The van der Waals surface area contributed by atoms with Crippen LogP contribution in [0.4, 0.5) is 0 Å². The quantitative estimate of drug-likeness (QED) is 0.501. The first-order chi connectivity index (χ1) is 3.56. The highest BCUT2D eigenvalue weighted by atomic mass is 35.5. The van der Waals surface area contributed by atoms with Crippen LogP contribution in [-0.4, -0.2) is 0 Å². The summed E-state index contributed by atoms with van der Waals surface area (Å²) >= 11 is 3.39. The van der Waals surface area contributed by atoms with E-state index >= 15 is 0 Å². The summed E-state index contributed by atoms with van der Waals surface area (Å²) in [5.41, 5.74) is 0.542. The van der Waals surface area contributed by atoms with Crippen LogP contribution >= 0.6 is 11.9 Å². The summed E-state index contributed by atoms with van der Waals surface area (Å²) in [6.45, 7) is 8.94. The van der Waals surface area contributed by atoms with Crippen molar-refractivity contribution in [2.45, 2.75) is 34.1 Å². The van der Waals surface area contributed by atoms with Crippen LogP contribution in [0.15, 0.2) is 0 Å². The van der Waals surface area contributed by atoms with Crippen molar-refractivity contribution in [2.75, 3.05) is 0 Å². The molecule has 0 saturated carbocycles. The molecule has 0 rings (SSSR count). The van der Waals surface area contributed by atoms with Crippen LogP contribution < -0.4 is 4.66 Å². The minimum absolute atomic E-state index is 0.542. The Kier molecular flexibility index (Phi) is 7.48. The third-order valence-electron chi connectivity index (χ3n) is 1.06. The lowest BCUT2D eigenvalue weighted by Crippen LogP contribution is -2.00. The normalized spacial score (nSPS) is 9.75. The lowest BCUT2D eigenvalue weighted by atomic mass is 9.94. The maximum absolute atomic E-state index is 7.72. The van der Waals surface area contributed by atoms with Gasteiger partial charge in [0, 0.05) is 0 Å². The van der Waals surface area contributed by atoms with Gasteiger partial charge in [0.25, 0.3) is 0 Å². The molecule has 0 spiro atoms. The molecule has 0 aromatic carbocycles. The molecule has 8 heavy (non-hydrogen) atoms. The molecular formula is C6H14ClO-. The Morgan fingerprint density at radius 2 is 1.38 bits per heavy atom. The monoisotopic (exact) mass is 137 g/mol. The molecule has 2 heteroatoms. The minimum atomic E-state index is 0.542. The molecule has 0 saturated heterocycles. The van der Waals surface area contributed by atoms with E-state index in [1.165, 1.54) is 6.42 Å². The van der Waals surface area contributed by atoms with E-state index in [2.05, 4.69) is 39.6 Å². The second-order valence-corrected chi connectivity index (χ2v) is 2.91. The zero-order valence-corrected chi connectivity index (χ0v) is 6.75. The molecule has 0 N–H and O–H groups in total. The molecule has 0 aliphatic rings. The lowest BCUT2D eigenvalue weighted by molar-refractivity contribution is -0.166. The second-order valence-electron chi connectivity index (χ2n) is 2.91. The SMILES string of the molecule is CCC(C)(C)C.[O-]Cl. The number of rotatable bonds is 0. The molecule has 0 radical (unpaired) electrons. The highest BCUT2D eigenvalue weighted by molar-refractivity contribution is 6.02. The molecule has 0 bridgehead atoms. The van der Waals surface area contributed by atoms with Gasteiger partial charge < -0.3 is 4.66 Å². The van der Waals surface area contributed by atoms with Crippen molar-refractivity contribution in [3.63, 3.8) is 0 Å². The standard InChI is InChI=1S/C6H14.ClO/c1-5-6(2,3)4;1-2/h5H2,1-4H3;/q;-1. The average Bonchev–Trinajstić information content (AvgIpc) is 1.71. The van der Waals surface area contributed by atoms with Gasteiger partial charge in [-0.3, -0.25) is 0 Å². The molecule has 0 heterocycles. The number of hydrogen-bond acceptors (Lipinski definition) is 1. The summed E-state index contributed by atoms with van der Waals surface area (Å²) in [6, 6.07) is 0. The smallest absolute Gasteiger partial charge is 0.0385 e. The van der Waals surface area contributed by atoms with E-state index < -0.39 is 0 Å². The van der Waals surface area contributed by atoms with Gasteiger partial charge in [0.15, 0.2) is 0 Å². The average molecular weight is 138 g/mol. The molecule has 0 aliphatic heterocycles. The first kappa shape index (κ1) is 11.1. The van der Waals surface area contributed by atoms with Crippen LogP contribution in [0.3, 0.4) is 0 Å². The molecule has 0 aliphatic carbocycles. The first-order valence-corrected chi connectivity index (χ1v) is 3.02. The number of halogens is 1. The third-order valence-corrected chi connectivity index (χ3v) is 1.06. The second kappa shape index (κ2) is 5.39. The highest BCUT2D eigenvalue weighted by Crippen LogP contribution is 2.16. The topological polar surface area (TPSA) is 23.1 Å². The Hall–Kier alpha value is 0.250. The summed E-state index contributed by atoms with van der Waals surface area (Å²) in [4.78, 5) is 0. The molecule has 52 valence electrons. The predicted molar refractivity (Wildman–Crippen MR) is 35.6 cm³/mol. The van der Waals surface area contributed by atoms with Crippen molar-refractivity contribution < 1.29 is 4.66 Å². The summed E-state index contributed by atoms with van der Waals surface area (Å²) in [5, 5.41) is 0. The third kappa shape index (κ3) is 16.3. The van der Waals surface area contributed by atoms with Crippen molar-refractivity contribution in [3.05, 3.63) is 0 Å². The Morgan fingerprint density at radius 1 is 1.25 bits per heavy atom. The van der Waals surface area contributed by atoms with Gasteiger partial charge in [-0.25, -0.2) is 11.9 Å². The van der Waals surface area contributed by atoms with Crippen molar-refractivity contribution >= 4 is 11.9 Å². The van der Waals surface area contributed by atoms with Crippen LogP contribution in [0.5, 0.6) is 0 Å². The summed E-state index contributed by atoms with van der Waals surface area (Å²) in [6.07, 6.45) is 1.27. The molecule has 0 fully saturated rings. The van der Waals surface area contributed by atoms with E-state index in [1.807, 2.05) is 0 Å². The van der Waals surface area contributed by atoms with Crippen LogP contribution in [-0.2, 0) is 0 Å². The highest BCUT2D eigenvalue weighted by Gasteiger charge is 2.03. The van der Waals surface area contributed by atoms with E-state index in [1.54, 1.807) is 0 Å². The Labute approximate surface area is 56.8 Å². The summed E-state index contributed by atoms with van der Waals surface area (Å²) in [5.74, 6) is 0. The van der Waals surface area contributed by atoms with Crippen LogP contribution in [0.2, 0.25) is 0 Å². The van der Waals surface area contributed by atoms with Crippen molar-refractivity contribution in [1.82, 2.24) is 0 Å². The Balaban J connectivity index is 0. The van der Waals surface area contributed by atoms with Crippen LogP contribution in [0, 0.1) is 5.41 Å². The van der Waals surface area contributed by atoms with Gasteiger partial charge in [0.05, 0.1) is 0 Å². The van der Waals surface area contributed by atoms with Crippen LogP contribution in [0.25, 0.3) is 0 Å². The zero-order valence-electron chi connectivity index (χ0n) is 5.99. The van der Waals surface area contributed by atoms with Gasteiger partial charge in [-0.15, -0.1) is 0 Å². The molecule has 1 nitrogen and oxygen atoms in total. The Bertz CT molecular complexity index is 38.3. The van der Waals surface area contributed by atoms with Crippen molar-refractivity contribution in [3.8, 4) is 0 Å². The van der Waals surface area contributed by atoms with E-state index in [0.717, 1.165) is 0 Å². The predicted octanol–water partition coefficient (Wildman–Crippen LogP) is 1.94. The van der Waals surface area contributed by atoms with E-state index in [9.17, 15) is 0 Å². The zero-order chi connectivity index (χ0) is 7.21. The van der Waals surface area contributed by atoms with Gasteiger partial charge in [0.1, 0.15) is 0 Å². The fourth-order valence-electron chi connectivity index (χ4n) is 0.